The summed E-state index contributed by atoms with van der Waals surface area (Å²) in [5.74, 6) is -0.710. The molecule has 0 atom stereocenters. The summed E-state index contributed by atoms with van der Waals surface area (Å²) in [6.45, 7) is 5.52. The number of sulfonamides is 1. The first-order chi connectivity index (χ1) is 13.9. The van der Waals surface area contributed by atoms with E-state index in [1.165, 1.54) is 44.2 Å². The molecule has 0 unspecified atom stereocenters. The quantitative estimate of drug-likeness (QED) is 0.341. The minimum Gasteiger partial charge on any atom is -0.461 e. The van der Waals surface area contributed by atoms with Crippen molar-refractivity contribution in [2.75, 3.05) is 4.31 Å². The number of nitrogens with zero attached hydrogens (tertiary/aromatic N) is 2. The number of benzene rings is 2. The van der Waals surface area contributed by atoms with Gasteiger partial charge in [0.1, 0.15) is 11.3 Å². The Labute approximate surface area is 172 Å². The Kier molecular flexibility index (Phi) is 5.21. The first-order valence-corrected chi connectivity index (χ1v) is 10.2. The summed E-state index contributed by atoms with van der Waals surface area (Å²) in [4.78, 5) is 34.4. The number of nitro groups is 1. The second-order valence-electron chi connectivity index (χ2n) is 6.76. The molecular formula is C20H18N2O7S. The van der Waals surface area contributed by atoms with Gasteiger partial charge >= 0.3 is 0 Å². The van der Waals surface area contributed by atoms with Gasteiger partial charge in [-0.25, -0.2) is 12.7 Å². The van der Waals surface area contributed by atoms with Crippen LogP contribution in [0.4, 0.5) is 11.4 Å². The summed E-state index contributed by atoms with van der Waals surface area (Å²) >= 11 is 0. The van der Waals surface area contributed by atoms with Crippen LogP contribution >= 0.6 is 0 Å². The third-order valence-corrected chi connectivity index (χ3v) is 6.43. The van der Waals surface area contributed by atoms with E-state index in [9.17, 15) is 28.1 Å². The largest absolute Gasteiger partial charge is 0.461 e. The Balaban J connectivity index is 2.22. The molecule has 0 aliphatic carbocycles. The number of fused-ring (bicyclic) bond motifs is 1. The first kappa shape index (κ1) is 21.2. The van der Waals surface area contributed by atoms with Gasteiger partial charge in [-0.3, -0.25) is 19.7 Å². The molecule has 156 valence electrons. The lowest BCUT2D eigenvalue weighted by atomic mass is 10.1. The van der Waals surface area contributed by atoms with E-state index in [0.717, 1.165) is 13.0 Å². The van der Waals surface area contributed by atoms with Crippen molar-refractivity contribution in [2.24, 2.45) is 0 Å². The third kappa shape index (κ3) is 3.45. The number of carbonyl (C=O) groups excluding carboxylic acids is 2. The molecule has 2 aromatic carbocycles. The highest BCUT2D eigenvalue weighted by molar-refractivity contribution is 7.93. The highest BCUT2D eigenvalue weighted by Gasteiger charge is 2.31. The molecule has 1 amide bonds. The number of anilines is 1. The molecule has 3 rings (SSSR count). The summed E-state index contributed by atoms with van der Waals surface area (Å²) in [6.07, 6.45) is 0. The van der Waals surface area contributed by atoms with Crippen LogP contribution in [0, 0.1) is 24.0 Å². The van der Waals surface area contributed by atoms with E-state index in [2.05, 4.69) is 0 Å². The fourth-order valence-corrected chi connectivity index (χ4v) is 4.75. The Hall–Kier alpha value is -3.53. The van der Waals surface area contributed by atoms with Gasteiger partial charge in [0.25, 0.3) is 15.7 Å². The highest BCUT2D eigenvalue weighted by Crippen LogP contribution is 2.33. The second-order valence-corrected chi connectivity index (χ2v) is 8.55. The van der Waals surface area contributed by atoms with Gasteiger partial charge < -0.3 is 4.42 Å². The van der Waals surface area contributed by atoms with E-state index in [4.69, 9.17) is 4.42 Å². The van der Waals surface area contributed by atoms with Crippen LogP contribution in [-0.4, -0.2) is 25.0 Å². The van der Waals surface area contributed by atoms with Crippen molar-refractivity contribution in [1.29, 1.82) is 0 Å². The van der Waals surface area contributed by atoms with Crippen molar-refractivity contribution in [3.8, 4) is 0 Å². The smallest absolute Gasteiger partial charge is 0.273 e. The zero-order chi connectivity index (χ0) is 22.4. The van der Waals surface area contributed by atoms with Crippen molar-refractivity contribution in [3.05, 3.63) is 63.4 Å². The molecule has 0 saturated carbocycles. The standard InChI is InChI=1S/C20H18N2O7S/c1-11-5-7-16(10-18(11)22(25)26)30(27,28)21(14(4)24)15-6-8-19-17(9-15)20(12(2)23)13(3)29-19/h5-10H,1-4H3. The molecule has 30 heavy (non-hydrogen) atoms. The number of Topliss-reactive ketones (excluding diaryl/α,β-unsaturated/α-hetero) is 1. The molecule has 0 spiro atoms. The number of carbonyl (C=O) groups is 2. The molecule has 3 aromatic rings. The van der Waals surface area contributed by atoms with Crippen LogP contribution in [0.2, 0.25) is 0 Å². The summed E-state index contributed by atoms with van der Waals surface area (Å²) in [6, 6.07) is 7.64. The molecule has 0 aliphatic rings. The topological polar surface area (TPSA) is 128 Å². The average Bonchev–Trinajstić information content (AvgIpc) is 2.96. The molecule has 0 saturated heterocycles. The molecule has 0 fully saturated rings. The lowest BCUT2D eigenvalue weighted by Crippen LogP contribution is -2.35. The van der Waals surface area contributed by atoms with Crippen molar-refractivity contribution in [2.45, 2.75) is 32.6 Å². The highest BCUT2D eigenvalue weighted by atomic mass is 32.2. The number of hydrogen-bond acceptors (Lipinski definition) is 7. The van der Waals surface area contributed by atoms with Crippen LogP contribution < -0.4 is 4.31 Å². The molecule has 0 radical (unpaired) electrons. The van der Waals surface area contributed by atoms with Crippen LogP contribution in [0.3, 0.4) is 0 Å². The number of hydrogen-bond donors (Lipinski definition) is 0. The van der Waals surface area contributed by atoms with Crippen molar-refractivity contribution in [1.82, 2.24) is 0 Å². The normalized spacial score (nSPS) is 11.5. The van der Waals surface area contributed by atoms with Gasteiger partial charge in [-0.15, -0.1) is 0 Å². The minimum absolute atomic E-state index is 0.0125. The Morgan fingerprint density at radius 3 is 2.30 bits per heavy atom. The van der Waals surface area contributed by atoms with E-state index in [1.54, 1.807) is 6.92 Å². The second kappa shape index (κ2) is 7.38. The van der Waals surface area contributed by atoms with E-state index in [0.29, 0.717) is 26.6 Å². The van der Waals surface area contributed by atoms with Gasteiger partial charge in [0, 0.05) is 23.9 Å². The SMILES string of the molecule is CC(=O)c1c(C)oc2ccc(N(C(C)=O)S(=O)(=O)c3ccc(C)c([N+](=O)[O-])c3)cc12. The number of aryl methyl sites for hydroxylation is 2. The number of nitro benzene ring substituents is 1. The van der Waals surface area contributed by atoms with Gasteiger partial charge in [-0.1, -0.05) is 6.07 Å². The van der Waals surface area contributed by atoms with Crippen LogP contribution in [-0.2, 0) is 14.8 Å². The summed E-state index contributed by atoms with van der Waals surface area (Å²) < 4.78 is 32.5. The van der Waals surface area contributed by atoms with E-state index in [-0.39, 0.29) is 22.7 Å². The Bertz CT molecular complexity index is 1320. The summed E-state index contributed by atoms with van der Waals surface area (Å²) in [5.41, 5.74) is 0.558. The van der Waals surface area contributed by atoms with Gasteiger partial charge in [0.2, 0.25) is 5.91 Å². The number of rotatable bonds is 5. The molecule has 0 N–H and O–H groups in total. The van der Waals surface area contributed by atoms with Crippen LogP contribution in [0.1, 0.15) is 35.5 Å². The average molecular weight is 430 g/mol. The molecule has 0 aliphatic heterocycles. The minimum atomic E-state index is -4.46. The molecule has 0 bridgehead atoms. The fourth-order valence-electron chi connectivity index (χ4n) is 3.31. The van der Waals surface area contributed by atoms with Crippen molar-refractivity contribution >= 4 is 44.1 Å². The van der Waals surface area contributed by atoms with E-state index < -0.39 is 25.7 Å². The van der Waals surface area contributed by atoms with Gasteiger partial charge in [-0.05, 0) is 45.0 Å². The third-order valence-electron chi connectivity index (χ3n) is 4.64. The van der Waals surface area contributed by atoms with E-state index in [1.807, 2.05) is 0 Å². The van der Waals surface area contributed by atoms with Gasteiger partial charge in [0.05, 0.1) is 21.1 Å². The summed E-state index contributed by atoms with van der Waals surface area (Å²) in [5, 5.41) is 11.6. The lowest BCUT2D eigenvalue weighted by molar-refractivity contribution is -0.385. The predicted molar refractivity (Wildman–Crippen MR) is 109 cm³/mol. The Morgan fingerprint density at radius 2 is 1.73 bits per heavy atom. The first-order valence-electron chi connectivity index (χ1n) is 8.80. The maximum Gasteiger partial charge on any atom is 0.273 e. The number of amides is 1. The lowest BCUT2D eigenvalue weighted by Gasteiger charge is -2.21. The van der Waals surface area contributed by atoms with Crippen molar-refractivity contribution < 1.29 is 27.3 Å². The van der Waals surface area contributed by atoms with Gasteiger partial charge in [-0.2, -0.15) is 0 Å². The molecule has 10 heteroatoms. The number of ketones is 1. The van der Waals surface area contributed by atoms with Gasteiger partial charge in [0.15, 0.2) is 5.78 Å². The maximum atomic E-state index is 13.2. The summed E-state index contributed by atoms with van der Waals surface area (Å²) in [7, 11) is -4.46. The molecular weight excluding hydrogens is 412 g/mol. The molecule has 1 heterocycles. The van der Waals surface area contributed by atoms with Crippen LogP contribution in [0.25, 0.3) is 11.0 Å². The van der Waals surface area contributed by atoms with Crippen LogP contribution in [0.15, 0.2) is 45.7 Å². The zero-order valence-electron chi connectivity index (χ0n) is 16.6. The zero-order valence-corrected chi connectivity index (χ0v) is 17.4. The Morgan fingerprint density at radius 1 is 1.07 bits per heavy atom. The molecule has 1 aromatic heterocycles. The van der Waals surface area contributed by atoms with Crippen LogP contribution in [0.5, 0.6) is 0 Å². The number of furan rings is 1. The maximum absolute atomic E-state index is 13.2. The van der Waals surface area contributed by atoms with E-state index >= 15 is 0 Å². The fraction of sp³-hybridized carbons (Fsp3) is 0.200. The van der Waals surface area contributed by atoms with Crippen molar-refractivity contribution in [3.63, 3.8) is 0 Å². The molecule has 9 nitrogen and oxygen atoms in total. The monoisotopic (exact) mass is 430 g/mol. The predicted octanol–water partition coefficient (Wildman–Crippen LogP) is 3.90.